The summed E-state index contributed by atoms with van der Waals surface area (Å²) in [7, 11) is 0. The van der Waals surface area contributed by atoms with Crippen molar-refractivity contribution in [2.45, 2.75) is 33.6 Å². The Hall–Kier alpha value is -2.86. The summed E-state index contributed by atoms with van der Waals surface area (Å²) in [5.41, 5.74) is 4.75. The molecule has 0 unspecified atom stereocenters. The first-order valence-electron chi connectivity index (χ1n) is 9.47. The summed E-state index contributed by atoms with van der Waals surface area (Å²) in [5, 5.41) is 2.35. The van der Waals surface area contributed by atoms with Crippen LogP contribution in [0.2, 0.25) is 0 Å². The van der Waals surface area contributed by atoms with E-state index in [0.717, 1.165) is 33.4 Å². The number of hydrogen-bond acceptors (Lipinski definition) is 4. The van der Waals surface area contributed by atoms with Crippen molar-refractivity contribution in [2.75, 3.05) is 11.9 Å². The molecule has 1 N–H and O–H groups in total. The van der Waals surface area contributed by atoms with Gasteiger partial charge in [-0.2, -0.15) is 0 Å². The molecule has 0 bridgehead atoms. The lowest BCUT2D eigenvalue weighted by Crippen LogP contribution is -2.36. The molecular weight excluding hydrogens is 384 g/mol. The van der Waals surface area contributed by atoms with Crippen molar-refractivity contribution in [3.05, 3.63) is 69.6 Å². The fraction of sp³-hybridized carbons (Fsp3) is 0.261. The number of nitrogens with one attached hydrogen (secondary N) is 1. The summed E-state index contributed by atoms with van der Waals surface area (Å²) in [5.74, 6) is -0.417. The maximum atomic E-state index is 12.6. The topological polar surface area (TPSA) is 66.5 Å². The predicted molar refractivity (Wildman–Crippen MR) is 118 cm³/mol. The third-order valence-electron chi connectivity index (χ3n) is 4.95. The van der Waals surface area contributed by atoms with Crippen molar-refractivity contribution in [1.29, 1.82) is 0 Å². The zero-order valence-corrected chi connectivity index (χ0v) is 17.8. The molecule has 0 spiro atoms. The van der Waals surface area contributed by atoms with E-state index in [1.54, 1.807) is 12.1 Å². The van der Waals surface area contributed by atoms with Crippen LogP contribution in [0, 0.1) is 13.8 Å². The second-order valence-electron chi connectivity index (χ2n) is 7.38. The molecule has 1 aliphatic heterocycles. The maximum Gasteiger partial charge on any atom is 0.294 e. The Bertz CT molecular complexity index is 994. The van der Waals surface area contributed by atoms with Gasteiger partial charge in [0.15, 0.2) is 0 Å². The molecule has 0 radical (unpaired) electrons. The predicted octanol–water partition coefficient (Wildman–Crippen LogP) is 5.10. The number of rotatable bonds is 5. The van der Waals surface area contributed by atoms with Gasteiger partial charge in [-0.25, -0.2) is 0 Å². The normalized spacial score (nSPS) is 15.5. The molecule has 1 aliphatic rings. The Morgan fingerprint density at radius 3 is 2.45 bits per heavy atom. The number of hydrogen-bond donors (Lipinski definition) is 1. The Balaban J connectivity index is 1.70. The first-order chi connectivity index (χ1) is 13.8. The van der Waals surface area contributed by atoms with Crippen molar-refractivity contribution >= 4 is 40.6 Å². The summed E-state index contributed by atoms with van der Waals surface area (Å²) in [6, 6.07) is 13.5. The number of aryl methyl sites for hydroxylation is 1. The molecule has 0 atom stereocenters. The average molecular weight is 409 g/mol. The van der Waals surface area contributed by atoms with E-state index in [2.05, 4.69) is 19.2 Å². The molecule has 2 aromatic carbocycles. The van der Waals surface area contributed by atoms with Gasteiger partial charge in [-0.15, -0.1) is 0 Å². The van der Waals surface area contributed by atoms with Crippen LogP contribution < -0.4 is 5.32 Å². The van der Waals surface area contributed by atoms with Crippen LogP contribution in [0.5, 0.6) is 0 Å². The zero-order valence-electron chi connectivity index (χ0n) is 17.0. The van der Waals surface area contributed by atoms with Gasteiger partial charge in [0.1, 0.15) is 6.54 Å². The van der Waals surface area contributed by atoms with E-state index < -0.39 is 17.1 Å². The Kier molecular flexibility index (Phi) is 6.23. The van der Waals surface area contributed by atoms with Crippen molar-refractivity contribution in [2.24, 2.45) is 0 Å². The SMILES string of the molecule is Cc1cccc(NC(=O)CN2C(=O)S/C(=C/c3ccc(C(C)C)cc3)C2=O)c1C. The van der Waals surface area contributed by atoms with Crippen LogP contribution in [0.15, 0.2) is 47.4 Å². The highest BCUT2D eigenvalue weighted by molar-refractivity contribution is 8.18. The van der Waals surface area contributed by atoms with Crippen molar-refractivity contribution in [1.82, 2.24) is 4.90 Å². The number of carbonyl (C=O) groups excluding carboxylic acids is 3. The molecule has 6 heteroatoms. The molecule has 0 aromatic heterocycles. The van der Waals surface area contributed by atoms with Crippen molar-refractivity contribution in [3.63, 3.8) is 0 Å². The van der Waals surface area contributed by atoms with Crippen LogP contribution in [0.4, 0.5) is 10.5 Å². The quantitative estimate of drug-likeness (QED) is 0.699. The van der Waals surface area contributed by atoms with Crippen LogP contribution in [-0.4, -0.2) is 28.5 Å². The molecule has 3 amide bonds. The Morgan fingerprint density at radius 2 is 1.79 bits per heavy atom. The van der Waals surface area contributed by atoms with E-state index in [0.29, 0.717) is 16.5 Å². The average Bonchev–Trinajstić information content (AvgIpc) is 2.93. The summed E-state index contributed by atoms with van der Waals surface area (Å²) >= 11 is 0.860. The minimum Gasteiger partial charge on any atom is -0.324 e. The van der Waals surface area contributed by atoms with E-state index in [-0.39, 0.29) is 6.54 Å². The maximum absolute atomic E-state index is 12.6. The number of nitrogens with zero attached hydrogens (tertiary/aromatic N) is 1. The standard InChI is InChI=1S/C23H24N2O3S/c1-14(2)18-10-8-17(9-11-18)12-20-22(27)25(23(28)29-20)13-21(26)24-19-7-5-6-15(3)16(19)4/h5-12,14H,13H2,1-4H3,(H,24,26)/b20-12+. The molecule has 5 nitrogen and oxygen atoms in total. The van der Waals surface area contributed by atoms with Crippen LogP contribution in [-0.2, 0) is 9.59 Å². The fourth-order valence-electron chi connectivity index (χ4n) is 2.98. The van der Waals surface area contributed by atoms with Gasteiger partial charge in [-0.3, -0.25) is 19.3 Å². The molecule has 1 heterocycles. The summed E-state index contributed by atoms with van der Waals surface area (Å²) in [6.07, 6.45) is 1.69. The molecule has 0 aliphatic carbocycles. The highest BCUT2D eigenvalue weighted by Crippen LogP contribution is 2.32. The molecule has 2 aromatic rings. The third-order valence-corrected chi connectivity index (χ3v) is 5.86. The molecule has 0 saturated carbocycles. The number of carbonyl (C=O) groups is 3. The van der Waals surface area contributed by atoms with E-state index in [1.165, 1.54) is 5.56 Å². The number of thioether (sulfide) groups is 1. The number of benzene rings is 2. The first kappa shape index (κ1) is 20.9. The third kappa shape index (κ3) is 4.77. The molecule has 150 valence electrons. The molecule has 1 fully saturated rings. The van der Waals surface area contributed by atoms with Crippen LogP contribution in [0.1, 0.15) is 42.0 Å². The second-order valence-corrected chi connectivity index (χ2v) is 8.38. The lowest BCUT2D eigenvalue weighted by molar-refractivity contribution is -0.127. The first-order valence-corrected chi connectivity index (χ1v) is 10.3. The highest BCUT2D eigenvalue weighted by Gasteiger charge is 2.36. The van der Waals surface area contributed by atoms with E-state index >= 15 is 0 Å². The minimum atomic E-state index is -0.441. The van der Waals surface area contributed by atoms with Gasteiger partial charge in [0.05, 0.1) is 4.91 Å². The fourth-order valence-corrected chi connectivity index (χ4v) is 3.82. The highest BCUT2D eigenvalue weighted by atomic mass is 32.2. The van der Waals surface area contributed by atoms with Gasteiger partial charge in [0.25, 0.3) is 11.1 Å². The van der Waals surface area contributed by atoms with Gasteiger partial charge < -0.3 is 5.32 Å². The monoisotopic (exact) mass is 408 g/mol. The largest absolute Gasteiger partial charge is 0.324 e. The van der Waals surface area contributed by atoms with Crippen LogP contribution in [0.3, 0.4) is 0 Å². The number of anilines is 1. The van der Waals surface area contributed by atoms with Gasteiger partial charge in [0.2, 0.25) is 5.91 Å². The van der Waals surface area contributed by atoms with Gasteiger partial charge in [-0.1, -0.05) is 50.2 Å². The van der Waals surface area contributed by atoms with E-state index in [4.69, 9.17) is 0 Å². The molecule has 3 rings (SSSR count). The lowest BCUT2D eigenvalue weighted by atomic mass is 10.0. The summed E-state index contributed by atoms with van der Waals surface area (Å²) in [4.78, 5) is 38.6. The van der Waals surface area contributed by atoms with E-state index in [1.807, 2.05) is 50.2 Å². The molecule has 29 heavy (non-hydrogen) atoms. The van der Waals surface area contributed by atoms with E-state index in [9.17, 15) is 14.4 Å². The molecular formula is C23H24N2O3S. The lowest BCUT2D eigenvalue weighted by Gasteiger charge is -2.14. The van der Waals surface area contributed by atoms with Crippen LogP contribution >= 0.6 is 11.8 Å². The number of imide groups is 1. The second kappa shape index (κ2) is 8.66. The minimum absolute atomic E-state index is 0.304. The van der Waals surface area contributed by atoms with Crippen molar-refractivity contribution in [3.8, 4) is 0 Å². The summed E-state index contributed by atoms with van der Waals surface area (Å²) in [6.45, 7) is 7.80. The smallest absolute Gasteiger partial charge is 0.294 e. The van der Waals surface area contributed by atoms with Crippen LogP contribution in [0.25, 0.3) is 6.08 Å². The Morgan fingerprint density at radius 1 is 1.10 bits per heavy atom. The van der Waals surface area contributed by atoms with Gasteiger partial charge in [-0.05, 0) is 65.9 Å². The van der Waals surface area contributed by atoms with Crippen molar-refractivity contribution < 1.29 is 14.4 Å². The number of amides is 3. The van der Waals surface area contributed by atoms with Gasteiger partial charge >= 0.3 is 0 Å². The zero-order chi connectivity index (χ0) is 21.1. The Labute approximate surface area is 175 Å². The summed E-state index contributed by atoms with van der Waals surface area (Å²) < 4.78 is 0. The van der Waals surface area contributed by atoms with Gasteiger partial charge in [0, 0.05) is 5.69 Å². The molecule has 1 saturated heterocycles.